The van der Waals surface area contributed by atoms with Gasteiger partial charge < -0.3 is 20.1 Å². The summed E-state index contributed by atoms with van der Waals surface area (Å²) in [5, 5.41) is 10.4. The van der Waals surface area contributed by atoms with Crippen LogP contribution < -0.4 is 5.73 Å². The number of fused-ring (bicyclic) bond motifs is 3. The molecule has 0 aliphatic rings. The number of aliphatic hydroxyl groups excluding tert-OH is 1. The lowest BCUT2D eigenvalue weighted by Gasteiger charge is -2.13. The van der Waals surface area contributed by atoms with Gasteiger partial charge in [0.15, 0.2) is 5.82 Å². The molecule has 0 unspecified atom stereocenters. The number of pyridine rings is 2. The Balaban J connectivity index is 1.92. The Morgan fingerprint density at radius 2 is 1.97 bits per heavy atom. The van der Waals surface area contributed by atoms with E-state index in [1.54, 1.807) is 19.5 Å². The molecule has 4 aromatic rings. The quantitative estimate of drug-likeness (QED) is 0.488. The van der Waals surface area contributed by atoms with Crippen molar-refractivity contribution in [3.8, 4) is 11.1 Å². The maximum Gasteiger partial charge on any atom is 0.152 e. The van der Waals surface area contributed by atoms with Crippen LogP contribution in [0.25, 0.3) is 33.1 Å². The molecule has 3 heterocycles. The van der Waals surface area contributed by atoms with Crippen molar-refractivity contribution in [3.05, 3.63) is 48.0 Å². The summed E-state index contributed by atoms with van der Waals surface area (Å²) < 4.78 is 7.54. The second-order valence-electron chi connectivity index (χ2n) is 7.94. The third-order valence-corrected chi connectivity index (χ3v) is 5.17. The van der Waals surface area contributed by atoms with Crippen molar-refractivity contribution in [2.75, 3.05) is 19.5 Å². The highest BCUT2D eigenvalue weighted by Crippen LogP contribution is 2.32. The summed E-state index contributed by atoms with van der Waals surface area (Å²) in [5.41, 5.74) is 11.6. The molecule has 3 N–H and O–H groups in total. The van der Waals surface area contributed by atoms with Crippen molar-refractivity contribution in [3.63, 3.8) is 0 Å². The molecule has 0 bridgehead atoms. The molecule has 0 amide bonds. The first-order valence-corrected chi connectivity index (χ1v) is 10.1. The Morgan fingerprint density at radius 3 is 2.70 bits per heavy atom. The molecule has 7 nitrogen and oxygen atoms in total. The summed E-state index contributed by atoms with van der Waals surface area (Å²) in [7, 11) is 1.70. The van der Waals surface area contributed by atoms with Crippen molar-refractivity contribution in [2.45, 2.75) is 33.4 Å². The van der Waals surface area contributed by atoms with Crippen LogP contribution in [-0.2, 0) is 24.3 Å². The van der Waals surface area contributed by atoms with Gasteiger partial charge in [-0.1, -0.05) is 26.0 Å². The molecule has 7 heteroatoms. The molecule has 0 saturated heterocycles. The number of imidazole rings is 1. The van der Waals surface area contributed by atoms with E-state index in [-0.39, 0.29) is 6.61 Å². The minimum Gasteiger partial charge on any atom is -0.392 e. The zero-order chi connectivity index (χ0) is 21.3. The number of hydrogen-bond donors (Lipinski definition) is 2. The fraction of sp³-hybridized carbons (Fsp3) is 0.348. The van der Waals surface area contributed by atoms with Gasteiger partial charge in [-0.3, -0.25) is 4.98 Å². The highest BCUT2D eigenvalue weighted by atomic mass is 16.5. The molecule has 0 fully saturated rings. The van der Waals surface area contributed by atoms with Crippen LogP contribution in [0.5, 0.6) is 0 Å². The Bertz CT molecular complexity index is 1200. The molecule has 0 radical (unpaired) electrons. The van der Waals surface area contributed by atoms with Crippen molar-refractivity contribution in [1.82, 2.24) is 19.5 Å². The van der Waals surface area contributed by atoms with Crippen LogP contribution in [0.15, 0.2) is 36.7 Å². The van der Waals surface area contributed by atoms with Gasteiger partial charge in [-0.2, -0.15) is 0 Å². The van der Waals surface area contributed by atoms with Gasteiger partial charge in [0, 0.05) is 43.4 Å². The molecule has 3 aromatic heterocycles. The lowest BCUT2D eigenvalue weighted by Crippen LogP contribution is -2.10. The van der Waals surface area contributed by atoms with Gasteiger partial charge in [0.1, 0.15) is 11.3 Å². The summed E-state index contributed by atoms with van der Waals surface area (Å²) in [6.45, 7) is 5.79. The number of ether oxygens (including phenoxy) is 1. The van der Waals surface area contributed by atoms with Crippen LogP contribution in [0.2, 0.25) is 0 Å². The fourth-order valence-electron chi connectivity index (χ4n) is 3.82. The molecular weight excluding hydrogens is 378 g/mol. The van der Waals surface area contributed by atoms with Gasteiger partial charge in [0.2, 0.25) is 0 Å². The van der Waals surface area contributed by atoms with E-state index >= 15 is 0 Å². The van der Waals surface area contributed by atoms with E-state index < -0.39 is 0 Å². The molecule has 156 valence electrons. The van der Waals surface area contributed by atoms with Gasteiger partial charge in [0.25, 0.3) is 0 Å². The largest absolute Gasteiger partial charge is 0.392 e. The number of rotatable bonds is 7. The van der Waals surface area contributed by atoms with E-state index in [4.69, 9.17) is 15.5 Å². The number of nitrogens with zero attached hydrogens (tertiary/aromatic N) is 4. The molecule has 30 heavy (non-hydrogen) atoms. The van der Waals surface area contributed by atoms with Crippen molar-refractivity contribution < 1.29 is 9.84 Å². The standard InChI is InChI=1S/C23H27N5O2/c1-14(2)12-28-20(6-7-30-3)27-21-22(28)18-5-4-16(9-19(18)26-23(21)24)17-8-15(13-29)10-25-11-17/h4-5,8-11,14,29H,6-7,12-13H2,1-3H3,(H2,24,26). The van der Waals surface area contributed by atoms with Crippen LogP contribution in [-0.4, -0.2) is 38.3 Å². The first-order chi connectivity index (χ1) is 14.5. The number of aliphatic hydroxyl groups is 1. The topological polar surface area (TPSA) is 99.1 Å². The minimum absolute atomic E-state index is 0.0428. The van der Waals surface area contributed by atoms with Crippen molar-refractivity contribution in [1.29, 1.82) is 0 Å². The molecule has 0 saturated carbocycles. The van der Waals surface area contributed by atoms with Gasteiger partial charge in [-0.05, 0) is 29.2 Å². The Kier molecular flexibility index (Phi) is 5.65. The fourth-order valence-corrected chi connectivity index (χ4v) is 3.82. The van der Waals surface area contributed by atoms with Crippen LogP contribution in [0.3, 0.4) is 0 Å². The van der Waals surface area contributed by atoms with Gasteiger partial charge >= 0.3 is 0 Å². The first kappa shape index (κ1) is 20.3. The van der Waals surface area contributed by atoms with Crippen molar-refractivity contribution >= 4 is 27.8 Å². The number of methoxy groups -OCH3 is 1. The zero-order valence-corrected chi connectivity index (χ0v) is 17.6. The maximum absolute atomic E-state index is 9.41. The van der Waals surface area contributed by atoms with Gasteiger partial charge in [0.05, 0.1) is 24.2 Å². The molecule has 0 spiro atoms. The van der Waals surface area contributed by atoms with Crippen LogP contribution >= 0.6 is 0 Å². The summed E-state index contributed by atoms with van der Waals surface area (Å²) in [5.74, 6) is 1.85. The predicted octanol–water partition coefficient (Wildman–Crippen LogP) is 3.57. The van der Waals surface area contributed by atoms with E-state index in [9.17, 15) is 5.11 Å². The molecule has 0 aliphatic heterocycles. The SMILES string of the molecule is COCCc1nc2c(N)nc3cc(-c4cncc(CO)c4)ccc3c2n1CC(C)C. The monoisotopic (exact) mass is 405 g/mol. The highest BCUT2D eigenvalue weighted by Gasteiger charge is 2.18. The van der Waals surface area contributed by atoms with E-state index in [0.717, 1.165) is 57.4 Å². The Labute approximate surface area is 175 Å². The number of nitrogens with two attached hydrogens (primary N) is 1. The molecule has 0 atom stereocenters. The number of hydrogen-bond acceptors (Lipinski definition) is 6. The summed E-state index contributed by atoms with van der Waals surface area (Å²) in [6, 6.07) is 8.08. The summed E-state index contributed by atoms with van der Waals surface area (Å²) in [4.78, 5) is 13.7. The molecule has 4 rings (SSSR count). The lowest BCUT2D eigenvalue weighted by atomic mass is 10.0. The third-order valence-electron chi connectivity index (χ3n) is 5.17. The van der Waals surface area contributed by atoms with E-state index in [2.05, 4.69) is 40.5 Å². The van der Waals surface area contributed by atoms with Gasteiger partial charge in [-0.15, -0.1) is 0 Å². The lowest BCUT2D eigenvalue weighted by molar-refractivity contribution is 0.199. The Hall–Kier alpha value is -3.03. The average molecular weight is 406 g/mol. The highest BCUT2D eigenvalue weighted by molar-refractivity contribution is 6.07. The second-order valence-corrected chi connectivity index (χ2v) is 7.94. The normalized spacial score (nSPS) is 11.8. The zero-order valence-electron chi connectivity index (χ0n) is 17.6. The Morgan fingerprint density at radius 1 is 1.13 bits per heavy atom. The van der Waals surface area contributed by atoms with Gasteiger partial charge in [-0.25, -0.2) is 9.97 Å². The molecular formula is C23H27N5O2. The summed E-state index contributed by atoms with van der Waals surface area (Å²) >= 11 is 0. The minimum atomic E-state index is -0.0428. The number of nitrogen functional groups attached to an aromatic ring is 1. The van der Waals surface area contributed by atoms with Crippen molar-refractivity contribution in [2.24, 2.45) is 5.92 Å². The molecule has 1 aromatic carbocycles. The first-order valence-electron chi connectivity index (χ1n) is 10.1. The predicted molar refractivity (Wildman–Crippen MR) is 119 cm³/mol. The van der Waals surface area contributed by atoms with E-state index in [1.165, 1.54) is 0 Å². The average Bonchev–Trinajstić information content (AvgIpc) is 3.10. The van der Waals surface area contributed by atoms with E-state index in [0.29, 0.717) is 18.3 Å². The maximum atomic E-state index is 9.41. The van der Waals surface area contributed by atoms with Crippen LogP contribution in [0.4, 0.5) is 5.82 Å². The summed E-state index contributed by atoms with van der Waals surface area (Å²) in [6.07, 6.45) is 4.17. The van der Waals surface area contributed by atoms with Crippen LogP contribution in [0.1, 0.15) is 25.2 Å². The number of anilines is 1. The smallest absolute Gasteiger partial charge is 0.152 e. The second kappa shape index (κ2) is 8.38. The molecule has 0 aliphatic carbocycles. The third kappa shape index (κ3) is 3.74. The van der Waals surface area contributed by atoms with E-state index in [1.807, 2.05) is 12.1 Å². The number of aromatic nitrogens is 4. The van der Waals surface area contributed by atoms with Crippen LogP contribution in [0, 0.1) is 5.92 Å². The number of benzene rings is 1.